The van der Waals surface area contributed by atoms with E-state index in [0.29, 0.717) is 24.0 Å². The molecule has 2 aliphatic heterocycles. The first kappa shape index (κ1) is 32.4. The van der Waals surface area contributed by atoms with Crippen LogP contribution in [0, 0.1) is 17.1 Å². The van der Waals surface area contributed by atoms with E-state index < -0.39 is 53.5 Å². The molecular formula is C32H29F4N9O3. The fraction of sp³-hybridized carbons (Fsp3) is 0.312. The van der Waals surface area contributed by atoms with E-state index in [4.69, 9.17) is 5.10 Å². The molecule has 248 valence electrons. The van der Waals surface area contributed by atoms with Gasteiger partial charge in [0.25, 0.3) is 17.7 Å². The third-order valence-corrected chi connectivity index (χ3v) is 8.44. The Kier molecular flexibility index (Phi) is 8.48. The van der Waals surface area contributed by atoms with Gasteiger partial charge in [0.15, 0.2) is 5.69 Å². The third kappa shape index (κ3) is 5.77. The number of aromatic nitrogens is 4. The van der Waals surface area contributed by atoms with Crippen LogP contribution in [0.1, 0.15) is 44.9 Å². The van der Waals surface area contributed by atoms with Crippen molar-refractivity contribution in [3.8, 4) is 11.8 Å². The average molecular weight is 664 g/mol. The van der Waals surface area contributed by atoms with Crippen LogP contribution in [-0.2, 0) is 11.1 Å². The number of piperazine rings is 1. The summed E-state index contributed by atoms with van der Waals surface area (Å²) in [5, 5.41) is 20.6. The summed E-state index contributed by atoms with van der Waals surface area (Å²) in [5.41, 5.74) is 0.354. The van der Waals surface area contributed by atoms with Crippen LogP contribution in [0.2, 0.25) is 0 Å². The zero-order valence-electron chi connectivity index (χ0n) is 25.7. The van der Waals surface area contributed by atoms with Crippen molar-refractivity contribution in [1.82, 2.24) is 34.7 Å². The molecule has 1 fully saturated rings. The summed E-state index contributed by atoms with van der Waals surface area (Å²) in [5.74, 6) is -3.83. The largest absolute Gasteiger partial charge is 0.504 e. The zero-order chi connectivity index (χ0) is 34.3. The number of hydrogen-bond donors (Lipinski definition) is 1. The minimum absolute atomic E-state index is 0.0541. The van der Waals surface area contributed by atoms with E-state index in [1.165, 1.54) is 26.6 Å². The van der Waals surface area contributed by atoms with Crippen molar-refractivity contribution < 1.29 is 31.9 Å². The summed E-state index contributed by atoms with van der Waals surface area (Å²) in [6, 6.07) is 14.6. The molecule has 16 heteroatoms. The first-order valence-electron chi connectivity index (χ1n) is 15.0. The number of fused-ring (bicyclic) bond motifs is 1. The average Bonchev–Trinajstić information content (AvgIpc) is 3.73. The summed E-state index contributed by atoms with van der Waals surface area (Å²) in [6.07, 6.45) is -4.30. The lowest BCUT2D eigenvalue weighted by molar-refractivity contribution is -0.212. The Labute approximate surface area is 271 Å². The van der Waals surface area contributed by atoms with Gasteiger partial charge in [0, 0.05) is 43.9 Å². The van der Waals surface area contributed by atoms with Crippen molar-refractivity contribution in [2.45, 2.75) is 31.2 Å². The molecule has 1 N–H and O–H groups in total. The molecule has 12 nitrogen and oxygen atoms in total. The van der Waals surface area contributed by atoms with Crippen LogP contribution < -0.4 is 10.2 Å². The summed E-state index contributed by atoms with van der Waals surface area (Å²) < 4.78 is 55.1. The zero-order valence-corrected chi connectivity index (χ0v) is 25.7. The lowest BCUT2D eigenvalue weighted by Gasteiger charge is -2.39. The van der Waals surface area contributed by atoms with Crippen LogP contribution >= 0.6 is 0 Å². The van der Waals surface area contributed by atoms with E-state index in [-0.39, 0.29) is 41.4 Å². The standard InChI is InChI=1S/C32H29F4N9O3/c1-3-42-29-25(27(40-45(29)21-7-5-4-6-8-21)31(48)43-16-15-41(2)18-22(43)17-37)24(19-9-11-20(33)12-10-19)26(30(42)47)38-28(46)23-13-14-44(39-23)32(34,35)36/h4-14,22,24,26H,3,15-16,18H2,1-2H3,(H,38,46)/t22?,24-,26-/m0/s1. The number of nitrogens with zero attached hydrogens (tertiary/aromatic N) is 8. The molecule has 1 saturated heterocycles. The predicted molar refractivity (Wildman–Crippen MR) is 163 cm³/mol. The van der Waals surface area contributed by atoms with Gasteiger partial charge in [-0.2, -0.15) is 20.1 Å². The topological polar surface area (TPSA) is 132 Å². The molecule has 2 aromatic heterocycles. The fourth-order valence-electron chi connectivity index (χ4n) is 6.15. The van der Waals surface area contributed by atoms with Crippen molar-refractivity contribution in [3.63, 3.8) is 0 Å². The molecule has 6 rings (SSSR count). The smallest absolute Gasteiger partial charge is 0.338 e. The number of amides is 3. The Morgan fingerprint density at radius 3 is 2.38 bits per heavy atom. The number of hydrogen-bond acceptors (Lipinski definition) is 7. The molecular weight excluding hydrogens is 634 g/mol. The summed E-state index contributed by atoms with van der Waals surface area (Å²) in [4.78, 5) is 46.9. The highest BCUT2D eigenvalue weighted by Gasteiger charge is 2.48. The lowest BCUT2D eigenvalue weighted by Crippen LogP contribution is -2.56. The molecule has 0 radical (unpaired) electrons. The number of para-hydroxylation sites is 1. The number of nitriles is 1. The summed E-state index contributed by atoms with van der Waals surface area (Å²) in [7, 11) is 1.83. The van der Waals surface area contributed by atoms with Gasteiger partial charge in [-0.3, -0.25) is 19.3 Å². The Bertz CT molecular complexity index is 1900. The number of nitrogens with one attached hydrogen (secondary N) is 1. The monoisotopic (exact) mass is 663 g/mol. The lowest BCUT2D eigenvalue weighted by atomic mass is 9.80. The normalized spacial score (nSPS) is 19.9. The number of benzene rings is 2. The minimum Gasteiger partial charge on any atom is -0.338 e. The number of rotatable bonds is 6. The molecule has 1 unspecified atom stereocenters. The molecule has 2 aliphatic rings. The van der Waals surface area contributed by atoms with Gasteiger partial charge in [-0.1, -0.05) is 30.3 Å². The molecule has 0 saturated carbocycles. The van der Waals surface area contributed by atoms with Crippen LogP contribution in [-0.4, -0.2) is 92.4 Å². The van der Waals surface area contributed by atoms with Crippen molar-refractivity contribution in [1.29, 1.82) is 5.26 Å². The van der Waals surface area contributed by atoms with E-state index in [9.17, 15) is 37.2 Å². The van der Waals surface area contributed by atoms with Gasteiger partial charge >= 0.3 is 6.30 Å². The Morgan fingerprint density at radius 1 is 1.04 bits per heavy atom. The van der Waals surface area contributed by atoms with Crippen molar-refractivity contribution in [3.05, 3.63) is 95.2 Å². The number of anilines is 1. The molecule has 0 aliphatic carbocycles. The maximum absolute atomic E-state index is 14.5. The highest BCUT2D eigenvalue weighted by atomic mass is 19.4. The predicted octanol–water partition coefficient (Wildman–Crippen LogP) is 3.26. The van der Waals surface area contributed by atoms with E-state index >= 15 is 0 Å². The molecule has 3 atom stereocenters. The van der Waals surface area contributed by atoms with Crippen molar-refractivity contribution >= 4 is 23.5 Å². The molecule has 4 heterocycles. The van der Waals surface area contributed by atoms with Gasteiger partial charge < -0.3 is 15.1 Å². The van der Waals surface area contributed by atoms with Crippen LogP contribution in [0.4, 0.5) is 23.4 Å². The van der Waals surface area contributed by atoms with Gasteiger partial charge in [0.05, 0.1) is 11.8 Å². The third-order valence-electron chi connectivity index (χ3n) is 8.44. The van der Waals surface area contributed by atoms with Crippen LogP contribution in [0.15, 0.2) is 66.9 Å². The number of likely N-dealkylation sites (N-methyl/N-ethyl adjacent to an activating group) is 2. The molecule has 4 aromatic rings. The fourth-order valence-corrected chi connectivity index (χ4v) is 6.15. The van der Waals surface area contributed by atoms with Crippen molar-refractivity contribution in [2.24, 2.45) is 0 Å². The number of carbonyl (C=O) groups excluding carboxylic acids is 3. The SMILES string of the molecule is CCN1C(=O)[C@@H](NC(=O)c2ccn(C(F)(F)F)n2)[C@@H](c2ccc(F)cc2)c2c(C(=O)N3CCN(C)CC3C#N)nn(-c3ccccc3)c21. The summed E-state index contributed by atoms with van der Waals surface area (Å²) >= 11 is 0. The minimum atomic E-state index is -4.88. The van der Waals surface area contributed by atoms with Gasteiger partial charge in [0.1, 0.15) is 29.4 Å². The summed E-state index contributed by atoms with van der Waals surface area (Å²) in [6.45, 7) is 2.71. The van der Waals surface area contributed by atoms with Crippen LogP contribution in [0.25, 0.3) is 5.69 Å². The van der Waals surface area contributed by atoms with E-state index in [0.717, 1.165) is 18.2 Å². The second-order valence-electron chi connectivity index (χ2n) is 11.4. The molecule has 48 heavy (non-hydrogen) atoms. The number of alkyl halides is 3. The Balaban J connectivity index is 1.56. The maximum atomic E-state index is 14.5. The van der Waals surface area contributed by atoms with E-state index in [1.807, 2.05) is 11.9 Å². The second kappa shape index (κ2) is 12.6. The van der Waals surface area contributed by atoms with Gasteiger partial charge in [-0.25, -0.2) is 9.07 Å². The Morgan fingerprint density at radius 2 is 1.75 bits per heavy atom. The first-order chi connectivity index (χ1) is 22.9. The van der Waals surface area contributed by atoms with Gasteiger partial charge in [-0.05, 0) is 49.9 Å². The second-order valence-corrected chi connectivity index (χ2v) is 11.4. The first-order valence-corrected chi connectivity index (χ1v) is 15.0. The van der Waals surface area contributed by atoms with Crippen LogP contribution in [0.5, 0.6) is 0 Å². The Hall–Kier alpha value is -5.56. The maximum Gasteiger partial charge on any atom is 0.504 e. The van der Waals surface area contributed by atoms with E-state index in [1.54, 1.807) is 37.3 Å². The van der Waals surface area contributed by atoms with Gasteiger partial charge in [-0.15, -0.1) is 13.2 Å². The number of carbonyl (C=O) groups is 3. The molecule has 0 bridgehead atoms. The van der Waals surface area contributed by atoms with Gasteiger partial charge in [0.2, 0.25) is 0 Å². The van der Waals surface area contributed by atoms with Crippen LogP contribution in [0.3, 0.4) is 0 Å². The van der Waals surface area contributed by atoms with Crippen molar-refractivity contribution in [2.75, 3.05) is 38.1 Å². The molecule has 0 spiro atoms. The number of halogens is 4. The highest BCUT2D eigenvalue weighted by molar-refractivity contribution is 6.07. The molecule has 3 amide bonds. The molecule has 2 aromatic carbocycles. The highest BCUT2D eigenvalue weighted by Crippen LogP contribution is 2.44. The quantitative estimate of drug-likeness (QED) is 0.314. The van der Waals surface area contributed by atoms with E-state index in [2.05, 4.69) is 16.5 Å².